The van der Waals surface area contributed by atoms with Crippen LogP contribution in [0.15, 0.2) is 70.2 Å². The zero-order valence-corrected chi connectivity index (χ0v) is 20.5. The second kappa shape index (κ2) is 7.50. The summed E-state index contributed by atoms with van der Waals surface area (Å²) in [7, 11) is 1.78. The SMILES string of the molecule is COc1cccc2c1C1=C(C(c3cc(C)cc(Br)c3)C2)C2C(C)=CC(C)(C)NC2C=C1. The average molecular weight is 476 g/mol. The van der Waals surface area contributed by atoms with Crippen molar-refractivity contribution in [2.75, 3.05) is 7.11 Å². The van der Waals surface area contributed by atoms with Gasteiger partial charge in [-0.1, -0.05) is 57.9 Å². The van der Waals surface area contributed by atoms with Gasteiger partial charge in [-0.2, -0.15) is 0 Å². The second-order valence-electron chi connectivity index (χ2n) is 9.80. The van der Waals surface area contributed by atoms with Crippen LogP contribution < -0.4 is 10.1 Å². The van der Waals surface area contributed by atoms with Crippen LogP contribution in [0.3, 0.4) is 0 Å². The quantitative estimate of drug-likeness (QED) is 0.485. The number of ether oxygens (including phenoxy) is 1. The molecule has 1 aliphatic heterocycles. The highest BCUT2D eigenvalue weighted by Gasteiger charge is 2.42. The molecule has 0 spiro atoms. The Bertz CT molecular complexity index is 1130. The molecular formula is C28H30BrNO. The van der Waals surface area contributed by atoms with Gasteiger partial charge in [0.25, 0.3) is 0 Å². The summed E-state index contributed by atoms with van der Waals surface area (Å²) in [6, 6.07) is 13.7. The second-order valence-corrected chi connectivity index (χ2v) is 10.7. The van der Waals surface area contributed by atoms with Crippen LogP contribution in [0.4, 0.5) is 0 Å². The maximum atomic E-state index is 5.83. The van der Waals surface area contributed by atoms with E-state index in [0.717, 1.165) is 16.6 Å². The highest BCUT2D eigenvalue weighted by atomic mass is 79.9. The minimum atomic E-state index is -0.000221. The van der Waals surface area contributed by atoms with Gasteiger partial charge in [-0.3, -0.25) is 0 Å². The molecule has 3 heteroatoms. The van der Waals surface area contributed by atoms with Gasteiger partial charge in [-0.15, -0.1) is 0 Å². The summed E-state index contributed by atoms with van der Waals surface area (Å²) in [5.41, 5.74) is 9.65. The predicted octanol–water partition coefficient (Wildman–Crippen LogP) is 6.74. The Balaban J connectivity index is 1.77. The standard InChI is InChI=1S/C28H30BrNO/c1-16-11-19(13-20(29)12-16)22-14-18-7-6-8-24(31-5)26(18)21-9-10-23-25(27(21)22)17(2)15-28(3,4)30-23/h6-13,15,22-23,25,30H,14H2,1-5H3. The molecule has 1 N–H and O–H groups in total. The number of allylic oxidation sites excluding steroid dienone is 2. The van der Waals surface area contributed by atoms with Crippen molar-refractivity contribution in [2.24, 2.45) is 5.92 Å². The predicted molar refractivity (Wildman–Crippen MR) is 133 cm³/mol. The fourth-order valence-corrected chi connectivity index (χ4v) is 6.63. The number of hydrogen-bond donors (Lipinski definition) is 1. The van der Waals surface area contributed by atoms with Crippen LogP contribution in [0.1, 0.15) is 48.9 Å². The number of halogens is 1. The van der Waals surface area contributed by atoms with Gasteiger partial charge in [0.2, 0.25) is 0 Å². The van der Waals surface area contributed by atoms with Gasteiger partial charge in [0, 0.05) is 33.5 Å². The van der Waals surface area contributed by atoms with Gasteiger partial charge in [0.05, 0.1) is 7.11 Å². The first-order chi connectivity index (χ1) is 14.8. The van der Waals surface area contributed by atoms with E-state index >= 15 is 0 Å². The molecule has 3 unspecified atom stereocenters. The van der Waals surface area contributed by atoms with Crippen LogP contribution in [0.25, 0.3) is 5.57 Å². The third-order valence-corrected chi connectivity index (χ3v) is 7.42. The number of methoxy groups -OCH3 is 1. The van der Waals surface area contributed by atoms with E-state index in [9.17, 15) is 0 Å². The lowest BCUT2D eigenvalue weighted by atomic mass is 9.64. The van der Waals surface area contributed by atoms with Gasteiger partial charge in [-0.05, 0) is 80.2 Å². The van der Waals surface area contributed by atoms with Crippen molar-refractivity contribution in [1.82, 2.24) is 5.32 Å². The van der Waals surface area contributed by atoms with Crippen molar-refractivity contribution >= 4 is 21.5 Å². The number of nitrogens with one attached hydrogen (secondary N) is 1. The molecule has 160 valence electrons. The lowest BCUT2D eigenvalue weighted by Crippen LogP contribution is -2.53. The van der Waals surface area contributed by atoms with Crippen molar-refractivity contribution in [3.63, 3.8) is 0 Å². The zero-order valence-electron chi connectivity index (χ0n) is 18.9. The number of hydrogen-bond acceptors (Lipinski definition) is 2. The van der Waals surface area contributed by atoms with E-state index in [1.807, 2.05) is 0 Å². The summed E-state index contributed by atoms with van der Waals surface area (Å²) in [6.07, 6.45) is 8.12. The lowest BCUT2D eigenvalue weighted by Gasteiger charge is -2.46. The normalized spacial score (nSPS) is 26.0. The molecule has 0 fully saturated rings. The summed E-state index contributed by atoms with van der Waals surface area (Å²) >= 11 is 3.74. The molecule has 0 bridgehead atoms. The number of benzene rings is 2. The molecule has 2 aromatic rings. The third kappa shape index (κ3) is 3.52. The van der Waals surface area contributed by atoms with Crippen molar-refractivity contribution in [3.8, 4) is 5.75 Å². The number of aryl methyl sites for hydroxylation is 1. The summed E-state index contributed by atoms with van der Waals surface area (Å²) in [5.74, 6) is 1.67. The van der Waals surface area contributed by atoms with Crippen molar-refractivity contribution in [3.05, 3.63) is 92.5 Å². The molecular weight excluding hydrogens is 446 g/mol. The molecule has 3 atom stereocenters. The third-order valence-electron chi connectivity index (χ3n) is 6.96. The van der Waals surface area contributed by atoms with Crippen molar-refractivity contribution < 1.29 is 4.74 Å². The Morgan fingerprint density at radius 3 is 2.68 bits per heavy atom. The molecule has 3 aliphatic rings. The molecule has 0 amide bonds. The van der Waals surface area contributed by atoms with E-state index in [1.165, 1.54) is 39.0 Å². The smallest absolute Gasteiger partial charge is 0.126 e. The van der Waals surface area contributed by atoms with Crippen molar-refractivity contribution in [2.45, 2.75) is 51.6 Å². The van der Waals surface area contributed by atoms with E-state index in [1.54, 1.807) is 7.11 Å². The maximum Gasteiger partial charge on any atom is 0.126 e. The lowest BCUT2D eigenvalue weighted by molar-refractivity contribution is 0.350. The Kier molecular flexibility index (Phi) is 5.02. The molecule has 0 saturated heterocycles. The fraction of sp³-hybridized carbons (Fsp3) is 0.357. The molecule has 2 nitrogen and oxygen atoms in total. The van der Waals surface area contributed by atoms with Gasteiger partial charge in [-0.25, -0.2) is 0 Å². The Morgan fingerprint density at radius 1 is 1.13 bits per heavy atom. The highest BCUT2D eigenvalue weighted by Crippen LogP contribution is 2.52. The summed E-state index contributed by atoms with van der Waals surface area (Å²) in [6.45, 7) is 9.02. The van der Waals surface area contributed by atoms with Crippen LogP contribution in [0.2, 0.25) is 0 Å². The average Bonchev–Trinajstić information content (AvgIpc) is 2.70. The van der Waals surface area contributed by atoms with E-state index in [2.05, 4.69) is 104 Å². The topological polar surface area (TPSA) is 21.3 Å². The monoisotopic (exact) mass is 475 g/mol. The molecule has 1 heterocycles. The first-order valence-electron chi connectivity index (χ1n) is 11.1. The minimum Gasteiger partial charge on any atom is -0.496 e. The van der Waals surface area contributed by atoms with E-state index in [4.69, 9.17) is 4.74 Å². The van der Waals surface area contributed by atoms with Gasteiger partial charge >= 0.3 is 0 Å². The van der Waals surface area contributed by atoms with Gasteiger partial charge in [0.1, 0.15) is 5.75 Å². The molecule has 5 rings (SSSR count). The summed E-state index contributed by atoms with van der Waals surface area (Å²) in [4.78, 5) is 0. The first kappa shape index (κ1) is 20.8. The molecule has 31 heavy (non-hydrogen) atoms. The van der Waals surface area contributed by atoms with Gasteiger partial charge in [0.15, 0.2) is 0 Å². The van der Waals surface area contributed by atoms with Crippen LogP contribution >= 0.6 is 15.9 Å². The number of rotatable bonds is 2. The van der Waals surface area contributed by atoms with E-state index in [0.29, 0.717) is 17.9 Å². The van der Waals surface area contributed by atoms with Crippen LogP contribution in [-0.4, -0.2) is 18.7 Å². The van der Waals surface area contributed by atoms with Crippen molar-refractivity contribution in [1.29, 1.82) is 0 Å². The summed E-state index contributed by atoms with van der Waals surface area (Å²) < 4.78 is 6.98. The maximum absolute atomic E-state index is 5.83. The summed E-state index contributed by atoms with van der Waals surface area (Å²) in [5, 5.41) is 3.87. The zero-order chi connectivity index (χ0) is 21.9. The molecule has 2 aliphatic carbocycles. The van der Waals surface area contributed by atoms with Crippen LogP contribution in [0, 0.1) is 12.8 Å². The number of fused-ring (bicyclic) bond motifs is 4. The largest absolute Gasteiger partial charge is 0.496 e. The Labute approximate surface area is 194 Å². The Morgan fingerprint density at radius 2 is 1.94 bits per heavy atom. The van der Waals surface area contributed by atoms with E-state index in [-0.39, 0.29) is 5.54 Å². The molecule has 0 saturated carbocycles. The van der Waals surface area contributed by atoms with Crippen LogP contribution in [0.5, 0.6) is 5.75 Å². The fourth-order valence-electron chi connectivity index (χ4n) is 6.01. The van der Waals surface area contributed by atoms with E-state index < -0.39 is 0 Å². The molecule has 2 aromatic carbocycles. The van der Waals surface area contributed by atoms with Crippen LogP contribution in [-0.2, 0) is 6.42 Å². The minimum absolute atomic E-state index is 0.000221. The molecule has 0 radical (unpaired) electrons. The molecule has 0 aromatic heterocycles. The van der Waals surface area contributed by atoms with Gasteiger partial charge < -0.3 is 10.1 Å². The highest BCUT2D eigenvalue weighted by molar-refractivity contribution is 9.10. The first-order valence-corrected chi connectivity index (χ1v) is 11.9. The Hall–Kier alpha value is -2.10.